The molecule has 0 unspecified atom stereocenters. The topological polar surface area (TPSA) is 863 Å². The zero-order valence-corrected chi connectivity index (χ0v) is 69.0. The van der Waals surface area contributed by atoms with Crippen LogP contribution in [0.3, 0.4) is 0 Å². The minimum Gasteiger partial charge on any atom is -0.505 e. The van der Waals surface area contributed by atoms with Crippen LogP contribution in [-0.2, 0) is 56.8 Å². The van der Waals surface area contributed by atoms with Gasteiger partial charge in [-0.15, -0.1) is 0 Å². The smallest absolute Gasteiger partial charge is 0.342 e. The number of hydrogen-bond donors (Lipinski definition) is 27. The van der Waals surface area contributed by atoms with E-state index in [0.717, 1.165) is 6.07 Å². The Hall–Kier alpha value is -20.0. The Balaban J connectivity index is 0.862. The summed E-state index contributed by atoms with van der Waals surface area (Å²) in [5.74, 6) is -63.0. The summed E-state index contributed by atoms with van der Waals surface area (Å²) >= 11 is 0. The van der Waals surface area contributed by atoms with Crippen LogP contribution in [0.5, 0.6) is 167 Å². The third-order valence-corrected chi connectivity index (χ3v) is 21.7. The fourth-order valence-corrected chi connectivity index (χ4v) is 15.0. The summed E-state index contributed by atoms with van der Waals surface area (Å²) in [6.45, 7) is -3.23. The highest BCUT2D eigenvalue weighted by molar-refractivity contribution is 6.13. The van der Waals surface area contributed by atoms with E-state index in [0.29, 0.717) is 66.7 Å². The molecule has 4 bridgehead atoms. The van der Waals surface area contributed by atoms with E-state index in [9.17, 15) is 162 Å². The van der Waals surface area contributed by atoms with Crippen LogP contribution in [0.15, 0.2) is 115 Å². The highest BCUT2D eigenvalue weighted by Crippen LogP contribution is 2.59. The molecule has 16 rings (SSSR count). The number of benzene rings is 11. The Morgan fingerprint density at radius 2 is 0.657 bits per heavy atom. The second kappa shape index (κ2) is 35.2. The average Bonchev–Trinajstić information content (AvgIpc) is 1.31. The maximum atomic E-state index is 16.1. The number of fused-ring (bicyclic) bond motifs is 8. The molecule has 10 atom stereocenters. The van der Waals surface area contributed by atoms with Gasteiger partial charge in [-0.1, -0.05) is 12.1 Å². The zero-order chi connectivity index (χ0) is 101. The number of phenolic OH excluding ortho intramolecular Hbond substituents is 27. The van der Waals surface area contributed by atoms with Gasteiger partial charge in [0.05, 0.1) is 66.6 Å². The third kappa shape index (κ3) is 16.5. The van der Waals surface area contributed by atoms with Crippen LogP contribution in [-0.4, -0.2) is 282 Å². The monoisotopic (exact) mass is 1940 g/mol. The highest BCUT2D eigenvalue weighted by Gasteiger charge is 2.59. The average molecular weight is 1950 g/mol. The molecule has 4 aliphatic rings. The maximum absolute atomic E-state index is 16.1. The molecule has 0 radical (unpaired) electrons. The van der Waals surface area contributed by atoms with Crippen LogP contribution in [0.25, 0.3) is 44.3 Å². The fourth-order valence-electron chi connectivity index (χ4n) is 15.0. The van der Waals surface area contributed by atoms with Crippen LogP contribution in [0.2, 0.25) is 0 Å². The van der Waals surface area contributed by atoms with Gasteiger partial charge in [-0.2, -0.15) is 0 Å². The Morgan fingerprint density at radius 1 is 0.300 bits per heavy atom. The zero-order valence-electron chi connectivity index (χ0n) is 69.0. The standard InChI is InChI=1S/C88H60N2O50/c91-35-5-22(6-36(92)56(35)105)77(118)128-20-49-70(133-78(119)23-7-37(93)57(106)38(94)8-23)73(135-79(120)24-9-39(95)58(107)40(96)10-24)75(87(130-49)139-80(121)25-11-41(97)59(108)42(98)12-25)138-86(127)31-19-47(103)63(112)68(117)69(31)132-72-54-30(18-48(104)64(72)113)82(123)129-21-50-71-74(136-84(125)29-17-46(102)62(111)67(116)53(29)54)76(88(131-50)140-81(122)26-13-43(99)60(109)44(100)14-26)137-85(126)28-16-45(101)61(110)66(115)52(28)51-27(83(124)134-71)15-34-55(65(51)114)90-33-4-2-1-3-32(33)89-34/h1-19,49-50,70-71,73-76,87-88,91-117H,20-21H2/t49-,50-,70-,71-,73+,74+,75-,76-,87+,88+/m1/s1. The van der Waals surface area contributed by atoms with E-state index >= 15 is 24.0 Å². The minimum atomic E-state index is -3.19. The van der Waals surface area contributed by atoms with Crippen molar-refractivity contribution in [3.8, 4) is 189 Å². The number of hydrogen-bond acceptors (Lipinski definition) is 52. The lowest BCUT2D eigenvalue weighted by atomic mass is 9.91. The number of phenols is 27. The van der Waals surface area contributed by atoms with Crippen molar-refractivity contribution in [2.75, 3.05) is 13.2 Å². The number of nitrogens with zero attached hydrogens (tertiary/aromatic N) is 2. The van der Waals surface area contributed by atoms with Crippen molar-refractivity contribution in [2.24, 2.45) is 0 Å². The predicted molar refractivity (Wildman–Crippen MR) is 442 cm³/mol. The van der Waals surface area contributed by atoms with E-state index < -0.39 is 390 Å². The van der Waals surface area contributed by atoms with Crippen molar-refractivity contribution in [3.63, 3.8) is 0 Å². The van der Waals surface area contributed by atoms with E-state index in [1.54, 1.807) is 0 Å². The van der Waals surface area contributed by atoms with Crippen molar-refractivity contribution in [1.82, 2.24) is 9.97 Å². The molecule has 0 spiro atoms. The SMILES string of the molecule is O=C(OC[C@H]1O[C@@H](OC(=O)c2cc(O)c(O)c(O)c2)[C@H](OC(=O)c2cc(O)c(O)c(O)c2Oc2c(O)c(O)cc3c2-c2c(cc(O)c(O)c2O)C(=O)O[C@@H]2[C@H]4OC(=O)c5cc(O)c(O)c(O)c5-c5c(cc6nc7ccccc7nc6c5O)C(=O)O[C@@H]2[C@@H](COC3=O)O[C@H]4OC(=O)c2cc(O)c(O)c(O)c2)[C@@H](OC(=O)c2cc(O)c(O)c(O)c2)[C@@H]1OC(=O)c1cc(O)c(O)c(O)c1)c1cc(O)c(O)c(O)c1. The number of rotatable bonds is 15. The summed E-state index contributed by atoms with van der Waals surface area (Å²) in [7, 11) is 0. The molecule has 5 heterocycles. The summed E-state index contributed by atoms with van der Waals surface area (Å²) in [6, 6.07) is 11.4. The molecule has 722 valence electrons. The van der Waals surface area contributed by atoms with E-state index in [1.165, 1.54) is 24.3 Å². The summed E-state index contributed by atoms with van der Waals surface area (Å²) in [4.78, 5) is 160. The van der Waals surface area contributed by atoms with Crippen molar-refractivity contribution in [3.05, 3.63) is 171 Å². The largest absolute Gasteiger partial charge is 0.505 e. The normalized spacial score (nSPS) is 18.7. The molecule has 4 aliphatic heterocycles. The molecule has 52 nitrogen and oxygen atoms in total. The maximum Gasteiger partial charge on any atom is 0.342 e. The quantitative estimate of drug-likeness (QED) is 0.0264. The van der Waals surface area contributed by atoms with Gasteiger partial charge in [0.15, 0.2) is 162 Å². The van der Waals surface area contributed by atoms with Crippen LogP contribution < -0.4 is 4.74 Å². The van der Waals surface area contributed by atoms with Gasteiger partial charge < -0.3 is 199 Å². The van der Waals surface area contributed by atoms with E-state index in [4.69, 9.17) is 61.6 Å². The number of esters is 10. The summed E-state index contributed by atoms with van der Waals surface area (Å²) < 4.78 is 76.0. The van der Waals surface area contributed by atoms with E-state index in [2.05, 4.69) is 9.97 Å². The Bertz CT molecular complexity index is 7300. The van der Waals surface area contributed by atoms with E-state index in [1.807, 2.05) is 0 Å². The van der Waals surface area contributed by atoms with Crippen LogP contribution in [0, 0.1) is 0 Å². The molecule has 1 aromatic heterocycles. The molecule has 27 N–H and O–H groups in total. The lowest BCUT2D eigenvalue weighted by molar-refractivity contribution is -0.283. The summed E-state index contributed by atoms with van der Waals surface area (Å²) in [5.41, 5.74) is -18.4. The van der Waals surface area contributed by atoms with E-state index in [-0.39, 0.29) is 29.2 Å². The van der Waals surface area contributed by atoms with Gasteiger partial charge in [0.2, 0.25) is 53.5 Å². The lowest BCUT2D eigenvalue weighted by Crippen LogP contribution is -2.63. The Labute approximate surface area is 770 Å². The number of carbonyl (C=O) groups excluding carboxylic acids is 10. The molecule has 140 heavy (non-hydrogen) atoms. The molecule has 2 fully saturated rings. The Kier molecular flexibility index (Phi) is 23.5. The fraction of sp³-hybridized carbons (Fsp3) is 0.136. The van der Waals surface area contributed by atoms with Crippen molar-refractivity contribution < 1.29 is 247 Å². The van der Waals surface area contributed by atoms with Gasteiger partial charge >= 0.3 is 59.7 Å². The number of para-hydroxylation sites is 2. The molecule has 0 aliphatic carbocycles. The number of carbonyl (C=O) groups is 10. The lowest BCUT2D eigenvalue weighted by Gasteiger charge is -2.44. The number of ether oxygens (including phenoxy) is 13. The van der Waals surface area contributed by atoms with Crippen molar-refractivity contribution in [1.29, 1.82) is 0 Å². The molecular weight excluding hydrogens is 1880 g/mol. The molecule has 0 amide bonds. The van der Waals surface area contributed by atoms with Gasteiger partial charge in [-0.05, 0) is 97.1 Å². The number of aromatic hydroxyl groups is 27. The van der Waals surface area contributed by atoms with Gasteiger partial charge in [-0.25, -0.2) is 57.9 Å². The predicted octanol–water partition coefficient (Wildman–Crippen LogP) is 5.42. The molecule has 12 aromatic rings. The third-order valence-electron chi connectivity index (χ3n) is 21.7. The minimum absolute atomic E-state index is 0.0146. The van der Waals surface area contributed by atoms with Crippen molar-refractivity contribution >= 4 is 81.8 Å². The first-order chi connectivity index (χ1) is 66.2. The van der Waals surface area contributed by atoms with Gasteiger partial charge in [0.1, 0.15) is 36.5 Å². The second-order valence-electron chi connectivity index (χ2n) is 30.5. The molecule has 2 saturated heterocycles. The molecule has 0 saturated carbocycles. The first kappa shape index (κ1) is 93.3. The molecule has 52 heteroatoms. The van der Waals surface area contributed by atoms with Crippen molar-refractivity contribution in [2.45, 2.75) is 61.4 Å². The summed E-state index contributed by atoms with van der Waals surface area (Å²) in [6.07, 6.45) is -28.7. The molecular formula is C88H60N2O50. The van der Waals surface area contributed by atoms with Crippen LogP contribution in [0.4, 0.5) is 0 Å². The van der Waals surface area contributed by atoms with Gasteiger partial charge in [0, 0.05) is 28.3 Å². The van der Waals surface area contributed by atoms with Crippen LogP contribution >= 0.6 is 0 Å². The van der Waals surface area contributed by atoms with Gasteiger partial charge in [0.25, 0.3) is 0 Å². The van der Waals surface area contributed by atoms with Gasteiger partial charge in [-0.3, -0.25) is 0 Å². The molecule has 11 aromatic carbocycles. The first-order valence-electron chi connectivity index (χ1n) is 39.3. The highest BCUT2D eigenvalue weighted by atomic mass is 16.8. The number of aromatic nitrogens is 2. The first-order valence-corrected chi connectivity index (χ1v) is 39.3. The Morgan fingerprint density at radius 3 is 1.13 bits per heavy atom. The number of cyclic esters (lactones) is 1. The van der Waals surface area contributed by atoms with Crippen LogP contribution in [0.1, 0.15) is 104 Å². The second-order valence-corrected chi connectivity index (χ2v) is 30.5. The summed E-state index contributed by atoms with van der Waals surface area (Å²) in [5, 5.41) is 299.